The Hall–Kier alpha value is -3.92. The first-order valence-electron chi connectivity index (χ1n) is 9.37. The summed E-state index contributed by atoms with van der Waals surface area (Å²) in [6.07, 6.45) is 6.90. The molecule has 0 amide bonds. The maximum atomic E-state index is 13.5. The summed E-state index contributed by atoms with van der Waals surface area (Å²) < 4.78 is 7.71. The molecule has 4 rings (SSSR count). The largest absolute Gasteiger partial charge is 0.488 e. The summed E-state index contributed by atoms with van der Waals surface area (Å²) in [7, 11) is 0. The van der Waals surface area contributed by atoms with Crippen molar-refractivity contribution >= 4 is 17.6 Å². The van der Waals surface area contributed by atoms with Crippen molar-refractivity contribution in [3.63, 3.8) is 0 Å². The molecule has 0 aliphatic heterocycles. The number of carbonyl (C=O) groups is 1. The lowest BCUT2D eigenvalue weighted by molar-refractivity contribution is 0.104. The Kier molecular flexibility index (Phi) is 5.63. The third-order valence-electron chi connectivity index (χ3n) is 4.49. The Bertz CT molecular complexity index is 1100. The number of aromatic nitrogens is 2. The third-order valence-corrected chi connectivity index (χ3v) is 4.49. The Morgan fingerprint density at radius 2 is 1.59 bits per heavy atom. The molecule has 4 heteroatoms. The highest BCUT2D eigenvalue weighted by Gasteiger charge is 2.18. The maximum absolute atomic E-state index is 13.5. The van der Waals surface area contributed by atoms with Gasteiger partial charge < -0.3 is 9.30 Å². The van der Waals surface area contributed by atoms with Crippen LogP contribution in [0.1, 0.15) is 21.5 Å². The van der Waals surface area contributed by atoms with Crippen LogP contribution in [0.5, 0.6) is 5.75 Å². The van der Waals surface area contributed by atoms with Crippen molar-refractivity contribution in [2.24, 2.45) is 0 Å². The highest BCUT2D eigenvalue weighted by Crippen LogP contribution is 2.25. The number of hydrogen-bond acceptors (Lipinski definition) is 3. The average Bonchev–Trinajstić information content (AvgIpc) is 3.32. The highest BCUT2D eigenvalue weighted by atomic mass is 16.5. The van der Waals surface area contributed by atoms with Crippen molar-refractivity contribution in [1.29, 1.82) is 0 Å². The molecule has 0 saturated heterocycles. The molecule has 3 aromatic carbocycles. The lowest BCUT2D eigenvalue weighted by Crippen LogP contribution is -2.10. The second-order valence-corrected chi connectivity index (χ2v) is 6.51. The summed E-state index contributed by atoms with van der Waals surface area (Å²) in [6, 6.07) is 27.0. The Morgan fingerprint density at radius 3 is 2.31 bits per heavy atom. The number of ketones is 1. The van der Waals surface area contributed by atoms with Crippen LogP contribution < -0.4 is 4.74 Å². The molecule has 0 radical (unpaired) electrons. The van der Waals surface area contributed by atoms with Gasteiger partial charge in [-0.2, -0.15) is 0 Å². The van der Waals surface area contributed by atoms with Crippen LogP contribution in [-0.2, 0) is 6.61 Å². The fourth-order valence-corrected chi connectivity index (χ4v) is 3.02. The molecule has 0 bridgehead atoms. The van der Waals surface area contributed by atoms with Crippen molar-refractivity contribution in [2.45, 2.75) is 6.61 Å². The van der Waals surface area contributed by atoms with Gasteiger partial charge in [-0.15, -0.1) is 0 Å². The number of Topliss-reactive ketones (excluding diaryl/α,β-unsaturated/α-hetero) is 1. The molecular formula is C25H20N2O2. The van der Waals surface area contributed by atoms with Crippen molar-refractivity contribution in [3.05, 3.63) is 120 Å². The summed E-state index contributed by atoms with van der Waals surface area (Å²) in [4.78, 5) is 17.6. The van der Waals surface area contributed by atoms with E-state index in [0.29, 0.717) is 23.6 Å². The fraction of sp³-hybridized carbons (Fsp3) is 0.0400. The van der Waals surface area contributed by atoms with E-state index in [0.717, 1.165) is 11.1 Å². The quantitative estimate of drug-likeness (QED) is 0.321. The molecule has 0 saturated carbocycles. The molecule has 1 aromatic heterocycles. The number of nitrogens with zero attached hydrogens (tertiary/aromatic N) is 2. The van der Waals surface area contributed by atoms with Gasteiger partial charge in [0.2, 0.25) is 5.78 Å². The van der Waals surface area contributed by atoms with Gasteiger partial charge in [0.25, 0.3) is 0 Å². The van der Waals surface area contributed by atoms with E-state index in [4.69, 9.17) is 4.74 Å². The van der Waals surface area contributed by atoms with E-state index >= 15 is 0 Å². The van der Waals surface area contributed by atoms with Gasteiger partial charge in [-0.05, 0) is 29.3 Å². The molecule has 0 fully saturated rings. The van der Waals surface area contributed by atoms with Crippen LogP contribution in [-0.4, -0.2) is 15.3 Å². The van der Waals surface area contributed by atoms with Crippen molar-refractivity contribution in [3.8, 4) is 5.75 Å². The zero-order valence-corrected chi connectivity index (χ0v) is 15.8. The van der Waals surface area contributed by atoms with Gasteiger partial charge in [-0.25, -0.2) is 4.98 Å². The Morgan fingerprint density at radius 1 is 0.897 bits per heavy atom. The van der Waals surface area contributed by atoms with Gasteiger partial charge >= 0.3 is 0 Å². The molecule has 0 spiro atoms. The predicted octanol–water partition coefficient (Wildman–Crippen LogP) is 5.34. The predicted molar refractivity (Wildman–Crippen MR) is 114 cm³/mol. The minimum atomic E-state index is -0.129. The normalized spacial score (nSPS) is 11.2. The number of ether oxygens (including phenoxy) is 1. The van der Waals surface area contributed by atoms with E-state index in [-0.39, 0.29) is 5.78 Å². The molecule has 0 unspecified atom stereocenters. The smallest absolute Gasteiger partial charge is 0.213 e. The third kappa shape index (κ3) is 4.50. The van der Waals surface area contributed by atoms with Gasteiger partial charge in [0.15, 0.2) is 0 Å². The summed E-state index contributed by atoms with van der Waals surface area (Å²) in [5.41, 5.74) is 3.00. The number of benzene rings is 3. The van der Waals surface area contributed by atoms with Gasteiger partial charge in [-0.1, -0.05) is 72.8 Å². The number of allylic oxidation sites excluding steroid dienone is 1. The topological polar surface area (TPSA) is 44.1 Å². The molecule has 142 valence electrons. The number of imidazole rings is 1. The Labute approximate surface area is 169 Å². The Balaban J connectivity index is 1.67. The van der Waals surface area contributed by atoms with E-state index in [1.54, 1.807) is 29.4 Å². The maximum Gasteiger partial charge on any atom is 0.213 e. The van der Waals surface area contributed by atoms with Crippen LogP contribution in [0.3, 0.4) is 0 Å². The first kappa shape index (κ1) is 18.4. The van der Waals surface area contributed by atoms with Crippen LogP contribution in [0.25, 0.3) is 11.8 Å². The van der Waals surface area contributed by atoms with Crippen LogP contribution >= 0.6 is 0 Å². The SMILES string of the molecule is O=C(/C(=C/c1ccccc1)n1ccnc1)c1ccccc1OCc1ccccc1. The molecule has 0 aliphatic rings. The monoisotopic (exact) mass is 380 g/mol. The van der Waals surface area contributed by atoms with Gasteiger partial charge in [-0.3, -0.25) is 4.79 Å². The van der Waals surface area contributed by atoms with Crippen LogP contribution in [0, 0.1) is 0 Å². The van der Waals surface area contributed by atoms with Crippen molar-refractivity contribution in [2.75, 3.05) is 0 Å². The summed E-state index contributed by atoms with van der Waals surface area (Å²) in [5.74, 6) is 0.427. The van der Waals surface area contributed by atoms with Crippen LogP contribution in [0.4, 0.5) is 0 Å². The fourth-order valence-electron chi connectivity index (χ4n) is 3.02. The van der Waals surface area contributed by atoms with Gasteiger partial charge in [0.1, 0.15) is 12.4 Å². The average molecular weight is 380 g/mol. The lowest BCUT2D eigenvalue weighted by atomic mass is 10.0. The first-order chi connectivity index (χ1) is 14.3. The molecule has 1 heterocycles. The second kappa shape index (κ2) is 8.85. The molecule has 4 nitrogen and oxygen atoms in total. The molecule has 0 N–H and O–H groups in total. The van der Waals surface area contributed by atoms with E-state index in [1.807, 2.05) is 84.9 Å². The molecular weight excluding hydrogens is 360 g/mol. The van der Waals surface area contributed by atoms with Crippen molar-refractivity contribution < 1.29 is 9.53 Å². The van der Waals surface area contributed by atoms with E-state index in [2.05, 4.69) is 4.98 Å². The summed E-state index contributed by atoms with van der Waals surface area (Å²) in [5, 5.41) is 0. The minimum absolute atomic E-state index is 0.129. The lowest BCUT2D eigenvalue weighted by Gasteiger charge is -2.13. The van der Waals surface area contributed by atoms with Gasteiger partial charge in [0.05, 0.1) is 17.6 Å². The number of para-hydroxylation sites is 1. The number of rotatable bonds is 7. The highest BCUT2D eigenvalue weighted by molar-refractivity contribution is 6.28. The molecule has 4 aromatic rings. The molecule has 0 aliphatic carbocycles. The first-order valence-corrected chi connectivity index (χ1v) is 9.37. The van der Waals surface area contributed by atoms with Crippen LogP contribution in [0.2, 0.25) is 0 Å². The second-order valence-electron chi connectivity index (χ2n) is 6.51. The van der Waals surface area contributed by atoms with Crippen molar-refractivity contribution in [1.82, 2.24) is 9.55 Å². The standard InChI is InChI=1S/C25H20N2O2/c28-25(23(27-16-15-26-19-27)17-20-9-3-1-4-10-20)22-13-7-8-14-24(22)29-18-21-11-5-2-6-12-21/h1-17,19H,18H2/b23-17-. The molecule has 29 heavy (non-hydrogen) atoms. The number of hydrogen-bond donors (Lipinski definition) is 0. The summed E-state index contributed by atoms with van der Waals surface area (Å²) >= 11 is 0. The van der Waals surface area contributed by atoms with E-state index < -0.39 is 0 Å². The van der Waals surface area contributed by atoms with E-state index in [9.17, 15) is 4.79 Å². The van der Waals surface area contributed by atoms with Gasteiger partial charge in [0, 0.05) is 12.4 Å². The summed E-state index contributed by atoms with van der Waals surface area (Å²) in [6.45, 7) is 0.397. The zero-order chi connectivity index (χ0) is 19.9. The molecule has 0 atom stereocenters. The zero-order valence-electron chi connectivity index (χ0n) is 15.8. The number of carbonyl (C=O) groups excluding carboxylic acids is 1. The van der Waals surface area contributed by atoms with E-state index in [1.165, 1.54) is 0 Å². The van der Waals surface area contributed by atoms with Crippen LogP contribution in [0.15, 0.2) is 104 Å². The minimum Gasteiger partial charge on any atom is -0.488 e.